The molecule has 1 aromatic rings. The maximum atomic E-state index is 13.2. The first kappa shape index (κ1) is 21.2. The third-order valence-corrected chi connectivity index (χ3v) is 6.82. The van der Waals surface area contributed by atoms with Gasteiger partial charge in [-0.15, -0.1) is 0 Å². The molecule has 4 rings (SSSR count). The van der Waals surface area contributed by atoms with Crippen LogP contribution in [-0.4, -0.2) is 34.8 Å². The van der Waals surface area contributed by atoms with Crippen molar-refractivity contribution in [2.75, 3.05) is 6.54 Å². The minimum atomic E-state index is -0.884. The molecular formula is C23H30ClN3O3. The van der Waals surface area contributed by atoms with E-state index in [4.69, 9.17) is 11.6 Å². The van der Waals surface area contributed by atoms with Crippen molar-refractivity contribution in [2.45, 2.75) is 64.5 Å². The number of imide groups is 1. The number of rotatable bonds is 5. The Kier molecular flexibility index (Phi) is 5.33. The predicted molar refractivity (Wildman–Crippen MR) is 115 cm³/mol. The average molecular weight is 432 g/mol. The molecule has 7 heteroatoms. The molecule has 162 valence electrons. The summed E-state index contributed by atoms with van der Waals surface area (Å²) in [5.41, 5.74) is 0.0709. The summed E-state index contributed by atoms with van der Waals surface area (Å²) in [6.45, 7) is 6.12. The minimum Gasteiger partial charge on any atom is -0.347 e. The molecule has 3 aliphatic rings. The van der Waals surface area contributed by atoms with Crippen LogP contribution in [0.15, 0.2) is 24.3 Å². The number of carbonyl (C=O) groups excluding carboxylic acids is 3. The number of halogens is 1. The number of amides is 4. The van der Waals surface area contributed by atoms with Gasteiger partial charge >= 0.3 is 6.03 Å². The number of benzene rings is 1. The van der Waals surface area contributed by atoms with Crippen LogP contribution in [-0.2, 0) is 9.59 Å². The molecule has 1 spiro atoms. The Bertz CT molecular complexity index is 865. The van der Waals surface area contributed by atoms with E-state index in [1.807, 2.05) is 24.3 Å². The van der Waals surface area contributed by atoms with Crippen LogP contribution in [0.1, 0.15) is 64.5 Å². The van der Waals surface area contributed by atoms with Gasteiger partial charge in [0.2, 0.25) is 5.91 Å². The second kappa shape index (κ2) is 7.56. The quantitative estimate of drug-likeness (QED) is 0.690. The molecule has 1 saturated heterocycles. The average Bonchev–Trinajstić information content (AvgIpc) is 3.44. The van der Waals surface area contributed by atoms with Crippen LogP contribution in [0.25, 0.3) is 0 Å². The molecule has 1 aliphatic heterocycles. The van der Waals surface area contributed by atoms with Crippen molar-refractivity contribution >= 4 is 29.4 Å². The number of nitrogens with zero attached hydrogens (tertiary/aromatic N) is 1. The second-order valence-electron chi connectivity index (χ2n) is 10.2. The van der Waals surface area contributed by atoms with Crippen LogP contribution in [0.2, 0.25) is 5.02 Å². The summed E-state index contributed by atoms with van der Waals surface area (Å²) in [5, 5.41) is 6.62. The lowest BCUT2D eigenvalue weighted by Crippen LogP contribution is -2.54. The van der Waals surface area contributed by atoms with Gasteiger partial charge in [-0.3, -0.25) is 14.5 Å². The number of urea groups is 1. The molecule has 30 heavy (non-hydrogen) atoms. The standard InChI is InChI=1S/C23H30ClN3O3/c1-14-10-22(2,3)13-23(11-14)20(29)27(21(30)26-23)12-18(28)25-19(15-4-5-15)16-6-8-17(24)9-7-16/h6-9,14-15,19H,4-5,10-13H2,1-3H3,(H,25,28)(H,26,30)/t14-,19+,23-/m1/s1. The van der Waals surface area contributed by atoms with Crippen molar-refractivity contribution < 1.29 is 14.4 Å². The zero-order valence-corrected chi connectivity index (χ0v) is 18.6. The highest BCUT2D eigenvalue weighted by Crippen LogP contribution is 2.46. The summed E-state index contributed by atoms with van der Waals surface area (Å²) in [4.78, 5) is 39.8. The summed E-state index contributed by atoms with van der Waals surface area (Å²) in [5.74, 6) is 0.128. The molecule has 4 amide bonds. The van der Waals surface area contributed by atoms with E-state index in [1.165, 1.54) is 0 Å². The van der Waals surface area contributed by atoms with Crippen molar-refractivity contribution in [1.82, 2.24) is 15.5 Å². The van der Waals surface area contributed by atoms with E-state index in [0.717, 1.165) is 29.7 Å². The fraction of sp³-hybridized carbons (Fsp3) is 0.609. The highest BCUT2D eigenvalue weighted by molar-refractivity contribution is 6.30. The molecule has 3 fully saturated rings. The SMILES string of the molecule is C[C@@H]1CC(C)(C)C[C@@]2(C1)NC(=O)N(CC(=O)N[C@H](c1ccc(Cl)cc1)C1CC1)C2=O. The fourth-order valence-electron chi connectivity index (χ4n) is 5.59. The van der Waals surface area contributed by atoms with E-state index in [-0.39, 0.29) is 29.8 Å². The molecule has 2 N–H and O–H groups in total. The van der Waals surface area contributed by atoms with E-state index in [0.29, 0.717) is 29.7 Å². The zero-order chi connectivity index (χ0) is 21.7. The van der Waals surface area contributed by atoms with Crippen LogP contribution >= 0.6 is 11.6 Å². The van der Waals surface area contributed by atoms with Gasteiger partial charge in [-0.2, -0.15) is 0 Å². The first-order valence-electron chi connectivity index (χ1n) is 10.8. The molecule has 0 bridgehead atoms. The Morgan fingerprint density at radius 1 is 1.23 bits per heavy atom. The van der Waals surface area contributed by atoms with Crippen LogP contribution in [0, 0.1) is 17.3 Å². The summed E-state index contributed by atoms with van der Waals surface area (Å²) in [7, 11) is 0. The number of hydrogen-bond acceptors (Lipinski definition) is 3. The van der Waals surface area contributed by atoms with Crippen LogP contribution in [0.5, 0.6) is 0 Å². The van der Waals surface area contributed by atoms with E-state index >= 15 is 0 Å². The Hall–Kier alpha value is -2.08. The Labute approximate surface area is 182 Å². The maximum Gasteiger partial charge on any atom is 0.325 e. The molecule has 0 aromatic heterocycles. The molecule has 2 aliphatic carbocycles. The molecule has 1 aromatic carbocycles. The van der Waals surface area contributed by atoms with E-state index < -0.39 is 11.6 Å². The van der Waals surface area contributed by atoms with Crippen LogP contribution in [0.4, 0.5) is 4.79 Å². The zero-order valence-electron chi connectivity index (χ0n) is 17.8. The summed E-state index contributed by atoms with van der Waals surface area (Å²) >= 11 is 5.99. The molecule has 1 heterocycles. The molecular weight excluding hydrogens is 402 g/mol. The first-order chi connectivity index (χ1) is 14.1. The maximum absolute atomic E-state index is 13.2. The van der Waals surface area contributed by atoms with Gasteiger partial charge in [-0.05, 0) is 67.1 Å². The summed E-state index contributed by atoms with van der Waals surface area (Å²) in [6, 6.07) is 6.87. The van der Waals surface area contributed by atoms with E-state index in [1.54, 1.807) is 0 Å². The van der Waals surface area contributed by atoms with Gasteiger partial charge in [0, 0.05) is 5.02 Å². The lowest BCUT2D eigenvalue weighted by Gasteiger charge is -2.43. The molecule has 3 atom stereocenters. The largest absolute Gasteiger partial charge is 0.347 e. The number of nitrogens with one attached hydrogen (secondary N) is 2. The highest BCUT2D eigenvalue weighted by Gasteiger charge is 2.56. The monoisotopic (exact) mass is 431 g/mol. The van der Waals surface area contributed by atoms with Crippen molar-refractivity contribution in [3.8, 4) is 0 Å². The molecule has 0 radical (unpaired) electrons. The molecule has 2 saturated carbocycles. The first-order valence-corrected chi connectivity index (χ1v) is 11.2. The van der Waals surface area contributed by atoms with Gasteiger partial charge in [0.25, 0.3) is 5.91 Å². The van der Waals surface area contributed by atoms with Gasteiger partial charge in [0.05, 0.1) is 6.04 Å². The lowest BCUT2D eigenvalue weighted by molar-refractivity contribution is -0.137. The predicted octanol–water partition coefficient (Wildman–Crippen LogP) is 4.04. The van der Waals surface area contributed by atoms with Crippen molar-refractivity contribution in [3.05, 3.63) is 34.9 Å². The molecule has 6 nitrogen and oxygen atoms in total. The third kappa shape index (κ3) is 4.20. The van der Waals surface area contributed by atoms with Gasteiger partial charge in [0.15, 0.2) is 0 Å². The second-order valence-corrected chi connectivity index (χ2v) is 10.6. The Morgan fingerprint density at radius 2 is 1.90 bits per heavy atom. The van der Waals surface area contributed by atoms with Crippen LogP contribution < -0.4 is 10.6 Å². The fourth-order valence-corrected chi connectivity index (χ4v) is 5.71. The smallest absolute Gasteiger partial charge is 0.325 e. The van der Waals surface area contributed by atoms with Gasteiger partial charge < -0.3 is 10.6 Å². The topological polar surface area (TPSA) is 78.5 Å². The van der Waals surface area contributed by atoms with Crippen molar-refractivity contribution in [3.63, 3.8) is 0 Å². The van der Waals surface area contributed by atoms with Gasteiger partial charge in [0.1, 0.15) is 12.1 Å². The van der Waals surface area contributed by atoms with Crippen molar-refractivity contribution in [2.24, 2.45) is 17.3 Å². The Morgan fingerprint density at radius 3 is 2.50 bits per heavy atom. The summed E-state index contributed by atoms with van der Waals surface area (Å²) in [6.07, 6.45) is 4.33. The lowest BCUT2D eigenvalue weighted by atomic mass is 9.64. The van der Waals surface area contributed by atoms with Crippen LogP contribution in [0.3, 0.4) is 0 Å². The van der Waals surface area contributed by atoms with Crippen molar-refractivity contribution in [1.29, 1.82) is 0 Å². The normalized spacial score (nSPS) is 29.1. The highest BCUT2D eigenvalue weighted by atomic mass is 35.5. The summed E-state index contributed by atoms with van der Waals surface area (Å²) < 4.78 is 0. The Balaban J connectivity index is 1.46. The number of hydrogen-bond donors (Lipinski definition) is 2. The van der Waals surface area contributed by atoms with E-state index in [9.17, 15) is 14.4 Å². The van der Waals surface area contributed by atoms with E-state index in [2.05, 4.69) is 31.4 Å². The number of carbonyl (C=O) groups is 3. The third-order valence-electron chi connectivity index (χ3n) is 6.56. The minimum absolute atomic E-state index is 0.0372. The van der Waals surface area contributed by atoms with Gasteiger partial charge in [-0.1, -0.05) is 44.5 Å². The molecule has 0 unspecified atom stereocenters. The van der Waals surface area contributed by atoms with Gasteiger partial charge in [-0.25, -0.2) is 4.79 Å².